The number of aromatic nitrogens is 1. The summed E-state index contributed by atoms with van der Waals surface area (Å²) in [5, 5.41) is 0.781. The molecule has 1 aromatic heterocycles. The summed E-state index contributed by atoms with van der Waals surface area (Å²) in [5.74, 6) is -0.242. The number of aldehydes is 1. The maximum Gasteiger partial charge on any atom is 0.190 e. The zero-order valence-electron chi connectivity index (χ0n) is 10.5. The van der Waals surface area contributed by atoms with E-state index in [1.165, 1.54) is 23.5 Å². The summed E-state index contributed by atoms with van der Waals surface area (Å²) in [4.78, 5) is 18.2. The zero-order valence-corrected chi connectivity index (χ0v) is 11.3. The number of benzene rings is 1. The van der Waals surface area contributed by atoms with Crippen LogP contribution in [0.3, 0.4) is 0 Å². The number of rotatable bonds is 3. The van der Waals surface area contributed by atoms with Crippen LogP contribution in [-0.2, 0) is 12.8 Å². The number of nitrogens with zero attached hydrogens (tertiary/aromatic N) is 2. The van der Waals surface area contributed by atoms with Crippen molar-refractivity contribution in [2.24, 2.45) is 0 Å². The van der Waals surface area contributed by atoms with Gasteiger partial charge in [-0.2, -0.15) is 0 Å². The van der Waals surface area contributed by atoms with Gasteiger partial charge in [0.15, 0.2) is 11.4 Å². The Morgan fingerprint density at radius 1 is 1.53 bits per heavy atom. The molecule has 19 heavy (non-hydrogen) atoms. The predicted molar refractivity (Wildman–Crippen MR) is 74.0 cm³/mol. The molecule has 0 unspecified atom stereocenters. The molecule has 0 amide bonds. The van der Waals surface area contributed by atoms with E-state index in [1.807, 2.05) is 17.9 Å². The van der Waals surface area contributed by atoms with Crippen molar-refractivity contribution in [2.45, 2.75) is 19.8 Å². The van der Waals surface area contributed by atoms with Crippen LogP contribution in [0.1, 0.15) is 27.9 Å². The largest absolute Gasteiger partial charge is 0.317 e. The van der Waals surface area contributed by atoms with Crippen LogP contribution in [0.4, 0.5) is 15.2 Å². The average Bonchev–Trinajstić information content (AvgIpc) is 3.00. The van der Waals surface area contributed by atoms with E-state index in [-0.39, 0.29) is 5.82 Å². The van der Waals surface area contributed by atoms with E-state index in [4.69, 9.17) is 0 Å². The number of hydrogen-bond acceptors (Lipinski definition) is 4. The van der Waals surface area contributed by atoms with Gasteiger partial charge >= 0.3 is 0 Å². The molecule has 0 spiro atoms. The van der Waals surface area contributed by atoms with Gasteiger partial charge in [0.05, 0.1) is 10.6 Å². The molecule has 0 saturated carbocycles. The van der Waals surface area contributed by atoms with Gasteiger partial charge in [-0.3, -0.25) is 4.79 Å². The van der Waals surface area contributed by atoms with Crippen molar-refractivity contribution in [1.29, 1.82) is 0 Å². The van der Waals surface area contributed by atoms with Crippen molar-refractivity contribution < 1.29 is 9.18 Å². The Kier molecular flexibility index (Phi) is 3.06. The summed E-state index contributed by atoms with van der Waals surface area (Å²) in [5.41, 5.74) is 2.82. The zero-order chi connectivity index (χ0) is 13.4. The van der Waals surface area contributed by atoms with E-state index in [1.54, 1.807) is 0 Å². The smallest absolute Gasteiger partial charge is 0.190 e. The van der Waals surface area contributed by atoms with Crippen LogP contribution in [0.15, 0.2) is 18.2 Å². The quantitative estimate of drug-likeness (QED) is 0.806. The van der Waals surface area contributed by atoms with Gasteiger partial charge in [0.1, 0.15) is 5.82 Å². The third-order valence-corrected chi connectivity index (χ3v) is 4.38. The molecule has 0 bridgehead atoms. The second kappa shape index (κ2) is 4.74. The average molecular weight is 276 g/mol. The van der Waals surface area contributed by atoms with Gasteiger partial charge in [0.25, 0.3) is 0 Å². The Hall–Kier alpha value is -1.75. The maximum atomic E-state index is 13.4. The number of fused-ring (bicyclic) bond motifs is 1. The van der Waals surface area contributed by atoms with Crippen molar-refractivity contribution in [2.75, 3.05) is 11.4 Å². The number of carbonyl (C=O) groups excluding carboxylic acids is 1. The molecule has 0 radical (unpaired) electrons. The molecule has 1 aliphatic rings. The topological polar surface area (TPSA) is 33.2 Å². The second-order valence-electron chi connectivity index (χ2n) is 4.45. The summed E-state index contributed by atoms with van der Waals surface area (Å²) in [7, 11) is 0. The molecule has 0 fully saturated rings. The van der Waals surface area contributed by atoms with Crippen molar-refractivity contribution in [3.8, 4) is 0 Å². The summed E-state index contributed by atoms with van der Waals surface area (Å²) in [6.45, 7) is 2.76. The molecule has 5 heteroatoms. The highest BCUT2D eigenvalue weighted by Crippen LogP contribution is 2.37. The number of aryl methyl sites for hydroxylation is 1. The van der Waals surface area contributed by atoms with Crippen LogP contribution < -0.4 is 4.90 Å². The minimum atomic E-state index is -0.242. The summed E-state index contributed by atoms with van der Waals surface area (Å²) in [6.07, 6.45) is 2.46. The molecule has 1 aromatic carbocycles. The van der Waals surface area contributed by atoms with Gasteiger partial charge in [-0.1, -0.05) is 24.3 Å². The van der Waals surface area contributed by atoms with Crippen molar-refractivity contribution in [3.63, 3.8) is 0 Å². The van der Waals surface area contributed by atoms with Crippen LogP contribution in [0.5, 0.6) is 0 Å². The Balaban J connectivity index is 2.03. The van der Waals surface area contributed by atoms with E-state index < -0.39 is 0 Å². The van der Waals surface area contributed by atoms with Gasteiger partial charge in [-0.15, -0.1) is 0 Å². The molecular formula is C14H13FN2OS. The first-order valence-corrected chi connectivity index (χ1v) is 7.05. The molecule has 0 atom stereocenters. The third-order valence-electron chi connectivity index (χ3n) is 3.33. The van der Waals surface area contributed by atoms with Crippen LogP contribution in [0.25, 0.3) is 0 Å². The molecule has 2 heterocycles. The molecule has 1 aliphatic heterocycles. The maximum absolute atomic E-state index is 13.4. The van der Waals surface area contributed by atoms with Crippen LogP contribution in [0, 0.1) is 5.82 Å². The van der Waals surface area contributed by atoms with Crippen LogP contribution in [0.2, 0.25) is 0 Å². The van der Waals surface area contributed by atoms with Crippen LogP contribution >= 0.6 is 11.3 Å². The fourth-order valence-electron chi connectivity index (χ4n) is 2.36. The first-order valence-electron chi connectivity index (χ1n) is 6.23. The van der Waals surface area contributed by atoms with Gasteiger partial charge in [0, 0.05) is 12.2 Å². The molecule has 0 aliphatic carbocycles. The lowest BCUT2D eigenvalue weighted by Crippen LogP contribution is -2.13. The number of hydrogen-bond donors (Lipinski definition) is 0. The lowest BCUT2D eigenvalue weighted by Gasteiger charge is -2.15. The Labute approximate surface area is 114 Å². The second-order valence-corrected chi connectivity index (χ2v) is 5.46. The highest BCUT2D eigenvalue weighted by atomic mass is 32.1. The van der Waals surface area contributed by atoms with Crippen LogP contribution in [-0.4, -0.2) is 17.8 Å². The van der Waals surface area contributed by atoms with Gasteiger partial charge in [-0.25, -0.2) is 9.37 Å². The molecular weight excluding hydrogens is 263 g/mol. The van der Waals surface area contributed by atoms with Gasteiger partial charge in [0.2, 0.25) is 0 Å². The summed E-state index contributed by atoms with van der Waals surface area (Å²) < 4.78 is 13.4. The lowest BCUT2D eigenvalue weighted by atomic mass is 10.2. The Bertz CT molecular complexity index is 638. The fraction of sp³-hybridized carbons (Fsp3) is 0.286. The summed E-state index contributed by atoms with van der Waals surface area (Å²) in [6, 6.07) is 4.84. The minimum absolute atomic E-state index is 0.242. The summed E-state index contributed by atoms with van der Waals surface area (Å²) >= 11 is 1.38. The van der Waals surface area contributed by atoms with E-state index in [9.17, 15) is 9.18 Å². The SMILES string of the molecule is CCc1nc(N2CCc3ccc(F)cc32)sc1C=O. The molecule has 2 aromatic rings. The minimum Gasteiger partial charge on any atom is -0.317 e. The predicted octanol–water partition coefficient (Wildman–Crippen LogP) is 3.35. The molecule has 3 nitrogen and oxygen atoms in total. The van der Waals surface area contributed by atoms with E-state index >= 15 is 0 Å². The number of anilines is 2. The first-order chi connectivity index (χ1) is 9.22. The number of thiazole rings is 1. The Morgan fingerprint density at radius 3 is 3.05 bits per heavy atom. The lowest BCUT2D eigenvalue weighted by molar-refractivity contribution is 0.112. The first kappa shape index (κ1) is 12.3. The Morgan fingerprint density at radius 2 is 2.37 bits per heavy atom. The van der Waals surface area contributed by atoms with Crippen molar-refractivity contribution in [1.82, 2.24) is 4.98 Å². The van der Waals surface area contributed by atoms with E-state index in [0.29, 0.717) is 4.88 Å². The van der Waals surface area contributed by atoms with E-state index in [2.05, 4.69) is 4.98 Å². The van der Waals surface area contributed by atoms with E-state index in [0.717, 1.165) is 47.7 Å². The van der Waals surface area contributed by atoms with Crippen molar-refractivity contribution >= 4 is 28.4 Å². The van der Waals surface area contributed by atoms with Crippen molar-refractivity contribution in [3.05, 3.63) is 40.2 Å². The number of carbonyl (C=O) groups is 1. The molecule has 0 saturated heterocycles. The third kappa shape index (κ3) is 2.04. The molecule has 98 valence electrons. The fourth-order valence-corrected chi connectivity index (χ4v) is 3.37. The highest BCUT2D eigenvalue weighted by Gasteiger charge is 2.24. The number of halogens is 1. The molecule has 0 N–H and O–H groups in total. The highest BCUT2D eigenvalue weighted by molar-refractivity contribution is 7.17. The monoisotopic (exact) mass is 276 g/mol. The normalized spacial score (nSPS) is 13.7. The molecule has 3 rings (SSSR count). The van der Waals surface area contributed by atoms with Gasteiger partial charge < -0.3 is 4.90 Å². The standard InChI is InChI=1S/C14H13FN2OS/c1-2-11-13(8-18)19-14(16-11)17-6-5-9-3-4-10(15)7-12(9)17/h3-4,7-8H,2,5-6H2,1H3. The van der Waals surface area contributed by atoms with Gasteiger partial charge in [-0.05, 0) is 30.5 Å².